The fourth-order valence-electron chi connectivity index (χ4n) is 2.71. The molecule has 1 fully saturated rings. The summed E-state index contributed by atoms with van der Waals surface area (Å²) in [5.74, 6) is 1.98. The first-order valence-corrected chi connectivity index (χ1v) is 7.38. The van der Waals surface area contributed by atoms with Crippen LogP contribution in [0.15, 0.2) is 0 Å². The summed E-state index contributed by atoms with van der Waals surface area (Å²) in [6.45, 7) is 6.54. The Kier molecular flexibility index (Phi) is 5.78. The van der Waals surface area contributed by atoms with Gasteiger partial charge in [0.25, 0.3) is 0 Å². The summed E-state index contributed by atoms with van der Waals surface area (Å²) in [4.78, 5) is 11.9. The fraction of sp³-hybridized carbons (Fsp3) is 0.929. The molecule has 0 radical (unpaired) electrons. The predicted molar refractivity (Wildman–Crippen MR) is 73.3 cm³/mol. The Bertz CT molecular complexity index is 255. The second-order valence-corrected chi connectivity index (χ2v) is 6.36. The molecule has 17 heavy (non-hydrogen) atoms. The lowest BCUT2D eigenvalue weighted by molar-refractivity contribution is -0.123. The summed E-state index contributed by atoms with van der Waals surface area (Å²) in [5.41, 5.74) is -0.132. The van der Waals surface area contributed by atoms with Crippen LogP contribution in [-0.2, 0) is 4.79 Å². The number of amides is 1. The van der Waals surface area contributed by atoms with Crippen LogP contribution in [0.4, 0.5) is 0 Å². The van der Waals surface area contributed by atoms with E-state index in [1.54, 1.807) is 0 Å². The Labute approximate surface area is 110 Å². The van der Waals surface area contributed by atoms with Crippen molar-refractivity contribution in [2.24, 2.45) is 11.8 Å². The van der Waals surface area contributed by atoms with Crippen molar-refractivity contribution >= 4 is 17.5 Å². The van der Waals surface area contributed by atoms with Crippen molar-refractivity contribution in [3.8, 4) is 0 Å². The summed E-state index contributed by atoms with van der Waals surface area (Å²) < 4.78 is 0. The lowest BCUT2D eigenvalue weighted by Gasteiger charge is -2.39. The van der Waals surface area contributed by atoms with Gasteiger partial charge >= 0.3 is 0 Å². The molecular weight excluding hydrogens is 234 g/mol. The standard InChI is InChI=1S/C14H26ClNO/c1-11(2)6-7-13(17)16-14(10-15)8-4-5-12(3)9-14/h11-12H,4-10H2,1-3H3,(H,16,17). The molecule has 0 heterocycles. The number of hydrogen-bond donors (Lipinski definition) is 1. The van der Waals surface area contributed by atoms with Crippen molar-refractivity contribution in [2.75, 3.05) is 5.88 Å². The van der Waals surface area contributed by atoms with E-state index in [1.165, 1.54) is 12.8 Å². The molecular formula is C14H26ClNO. The first-order valence-electron chi connectivity index (χ1n) is 6.84. The number of hydrogen-bond acceptors (Lipinski definition) is 1. The highest BCUT2D eigenvalue weighted by Crippen LogP contribution is 2.33. The molecule has 1 rings (SSSR count). The van der Waals surface area contributed by atoms with Crippen molar-refractivity contribution in [3.05, 3.63) is 0 Å². The highest BCUT2D eigenvalue weighted by atomic mass is 35.5. The number of carbonyl (C=O) groups is 1. The number of nitrogens with one attached hydrogen (secondary N) is 1. The Balaban J connectivity index is 2.47. The van der Waals surface area contributed by atoms with Crippen LogP contribution < -0.4 is 5.32 Å². The highest BCUT2D eigenvalue weighted by molar-refractivity contribution is 6.18. The first-order chi connectivity index (χ1) is 7.97. The molecule has 0 bridgehead atoms. The Hall–Kier alpha value is -0.240. The maximum absolute atomic E-state index is 11.9. The Morgan fingerprint density at radius 3 is 2.76 bits per heavy atom. The molecule has 100 valence electrons. The van der Waals surface area contributed by atoms with E-state index < -0.39 is 0 Å². The van der Waals surface area contributed by atoms with E-state index in [4.69, 9.17) is 11.6 Å². The largest absolute Gasteiger partial charge is 0.349 e. The second-order valence-electron chi connectivity index (χ2n) is 6.10. The van der Waals surface area contributed by atoms with Gasteiger partial charge in [-0.15, -0.1) is 11.6 Å². The van der Waals surface area contributed by atoms with Crippen molar-refractivity contribution in [1.82, 2.24) is 5.32 Å². The molecule has 0 spiro atoms. The first kappa shape index (κ1) is 14.8. The van der Waals surface area contributed by atoms with Crippen molar-refractivity contribution in [2.45, 2.75) is 64.8 Å². The number of halogens is 1. The molecule has 1 amide bonds. The monoisotopic (exact) mass is 259 g/mol. The normalized spacial score (nSPS) is 29.4. The van der Waals surface area contributed by atoms with E-state index in [2.05, 4.69) is 26.1 Å². The topological polar surface area (TPSA) is 29.1 Å². The zero-order valence-corrected chi connectivity index (χ0v) is 12.1. The average molecular weight is 260 g/mol. The molecule has 0 aliphatic heterocycles. The molecule has 2 atom stereocenters. The number of rotatable bonds is 5. The molecule has 0 aromatic carbocycles. The molecule has 0 saturated heterocycles. The van der Waals surface area contributed by atoms with Gasteiger partial charge in [-0.05, 0) is 31.1 Å². The third-order valence-corrected chi connectivity index (χ3v) is 4.21. The fourth-order valence-corrected chi connectivity index (χ4v) is 3.02. The van der Waals surface area contributed by atoms with E-state index in [-0.39, 0.29) is 11.4 Å². The van der Waals surface area contributed by atoms with Gasteiger partial charge in [-0.25, -0.2) is 0 Å². The summed E-state index contributed by atoms with van der Waals surface area (Å²) in [6.07, 6.45) is 6.10. The van der Waals surface area contributed by atoms with Gasteiger partial charge in [0, 0.05) is 12.3 Å². The quantitative estimate of drug-likeness (QED) is 0.749. The Morgan fingerprint density at radius 1 is 1.53 bits per heavy atom. The summed E-state index contributed by atoms with van der Waals surface area (Å²) in [7, 11) is 0. The summed E-state index contributed by atoms with van der Waals surface area (Å²) >= 11 is 6.09. The zero-order chi connectivity index (χ0) is 12.9. The maximum atomic E-state index is 11.9. The summed E-state index contributed by atoms with van der Waals surface area (Å²) in [5, 5.41) is 3.20. The molecule has 1 aliphatic carbocycles. The van der Waals surface area contributed by atoms with Gasteiger partial charge in [-0.2, -0.15) is 0 Å². The minimum atomic E-state index is -0.132. The predicted octanol–water partition coefficient (Wildman–Crippen LogP) is 3.73. The van der Waals surface area contributed by atoms with E-state index in [9.17, 15) is 4.79 Å². The average Bonchev–Trinajstić information content (AvgIpc) is 2.26. The van der Waals surface area contributed by atoms with Crippen molar-refractivity contribution in [1.29, 1.82) is 0 Å². The van der Waals surface area contributed by atoms with Crippen LogP contribution in [0.5, 0.6) is 0 Å². The third kappa shape index (κ3) is 4.87. The second kappa shape index (κ2) is 6.63. The lowest BCUT2D eigenvalue weighted by Crippen LogP contribution is -2.52. The highest BCUT2D eigenvalue weighted by Gasteiger charge is 2.35. The maximum Gasteiger partial charge on any atom is 0.220 e. The SMILES string of the molecule is CC(C)CCC(=O)NC1(CCl)CCCC(C)C1. The zero-order valence-electron chi connectivity index (χ0n) is 11.4. The summed E-state index contributed by atoms with van der Waals surface area (Å²) in [6, 6.07) is 0. The molecule has 2 unspecified atom stereocenters. The van der Waals surface area contributed by atoms with Crippen LogP contribution in [0.1, 0.15) is 59.3 Å². The molecule has 1 saturated carbocycles. The lowest BCUT2D eigenvalue weighted by atomic mass is 9.77. The van der Waals surface area contributed by atoms with E-state index in [1.807, 2.05) is 0 Å². The van der Waals surface area contributed by atoms with Gasteiger partial charge in [-0.1, -0.05) is 33.6 Å². The van der Waals surface area contributed by atoms with E-state index >= 15 is 0 Å². The molecule has 0 aromatic rings. The van der Waals surface area contributed by atoms with Crippen LogP contribution >= 0.6 is 11.6 Å². The van der Waals surface area contributed by atoms with Gasteiger partial charge in [0.05, 0.1) is 5.54 Å². The molecule has 2 nitrogen and oxygen atoms in total. The molecule has 1 aliphatic rings. The molecule has 3 heteroatoms. The van der Waals surface area contributed by atoms with Gasteiger partial charge in [0.2, 0.25) is 5.91 Å². The van der Waals surface area contributed by atoms with Crippen LogP contribution in [0.25, 0.3) is 0 Å². The van der Waals surface area contributed by atoms with E-state index in [0.717, 1.165) is 19.3 Å². The molecule has 1 N–H and O–H groups in total. The van der Waals surface area contributed by atoms with Crippen LogP contribution in [-0.4, -0.2) is 17.3 Å². The third-order valence-electron chi connectivity index (χ3n) is 3.70. The van der Waals surface area contributed by atoms with Crippen molar-refractivity contribution < 1.29 is 4.79 Å². The van der Waals surface area contributed by atoms with Gasteiger partial charge in [0.15, 0.2) is 0 Å². The molecule has 0 aromatic heterocycles. The van der Waals surface area contributed by atoms with Crippen LogP contribution in [0.2, 0.25) is 0 Å². The van der Waals surface area contributed by atoms with Crippen molar-refractivity contribution in [3.63, 3.8) is 0 Å². The van der Waals surface area contributed by atoms with E-state index in [0.29, 0.717) is 24.1 Å². The van der Waals surface area contributed by atoms with Crippen LogP contribution in [0.3, 0.4) is 0 Å². The van der Waals surface area contributed by atoms with Gasteiger partial charge < -0.3 is 5.32 Å². The number of alkyl halides is 1. The minimum Gasteiger partial charge on any atom is -0.349 e. The van der Waals surface area contributed by atoms with Gasteiger partial charge in [-0.3, -0.25) is 4.79 Å². The van der Waals surface area contributed by atoms with Crippen LogP contribution in [0, 0.1) is 11.8 Å². The smallest absolute Gasteiger partial charge is 0.220 e. The number of carbonyl (C=O) groups excluding carboxylic acids is 1. The minimum absolute atomic E-state index is 0.132. The van der Waals surface area contributed by atoms with Gasteiger partial charge in [0.1, 0.15) is 0 Å². The Morgan fingerprint density at radius 2 is 2.24 bits per heavy atom.